The van der Waals surface area contributed by atoms with Crippen molar-refractivity contribution in [3.63, 3.8) is 0 Å². The second kappa shape index (κ2) is 8.41. The average Bonchev–Trinajstić information content (AvgIpc) is 2.61. The number of halogens is 1. The van der Waals surface area contributed by atoms with Gasteiger partial charge >= 0.3 is 0 Å². The van der Waals surface area contributed by atoms with Gasteiger partial charge in [0, 0.05) is 11.0 Å². The molecule has 0 amide bonds. The van der Waals surface area contributed by atoms with E-state index in [-0.39, 0.29) is 5.56 Å². The third-order valence-electron chi connectivity index (χ3n) is 4.18. The SMILES string of the molecule is CCCCN(Cc1ccc(Br)cc1)Cc1nc2ccccc2c(=O)[nH]1. The second-order valence-corrected chi connectivity index (χ2v) is 7.14. The van der Waals surface area contributed by atoms with Crippen molar-refractivity contribution in [1.29, 1.82) is 0 Å². The highest BCUT2D eigenvalue weighted by atomic mass is 79.9. The maximum absolute atomic E-state index is 12.3. The van der Waals surface area contributed by atoms with Crippen LogP contribution < -0.4 is 5.56 Å². The minimum Gasteiger partial charge on any atom is -0.309 e. The molecule has 0 saturated carbocycles. The lowest BCUT2D eigenvalue weighted by Crippen LogP contribution is -2.26. The van der Waals surface area contributed by atoms with Crippen molar-refractivity contribution < 1.29 is 0 Å². The number of aromatic amines is 1. The van der Waals surface area contributed by atoms with E-state index >= 15 is 0 Å². The molecule has 0 spiro atoms. The summed E-state index contributed by atoms with van der Waals surface area (Å²) in [4.78, 5) is 22.2. The lowest BCUT2D eigenvalue weighted by molar-refractivity contribution is 0.246. The van der Waals surface area contributed by atoms with E-state index in [1.807, 2.05) is 24.3 Å². The molecule has 1 heterocycles. The number of para-hydroxylation sites is 1. The number of rotatable bonds is 7. The van der Waals surface area contributed by atoms with E-state index in [4.69, 9.17) is 0 Å². The summed E-state index contributed by atoms with van der Waals surface area (Å²) < 4.78 is 1.08. The van der Waals surface area contributed by atoms with Crippen molar-refractivity contribution in [3.8, 4) is 0 Å². The fraction of sp³-hybridized carbons (Fsp3) is 0.300. The number of hydrogen-bond acceptors (Lipinski definition) is 3. The molecule has 25 heavy (non-hydrogen) atoms. The largest absolute Gasteiger partial charge is 0.309 e. The first-order chi connectivity index (χ1) is 12.2. The minimum atomic E-state index is -0.0697. The van der Waals surface area contributed by atoms with Crippen molar-refractivity contribution in [2.24, 2.45) is 0 Å². The topological polar surface area (TPSA) is 49.0 Å². The molecule has 3 aromatic rings. The lowest BCUT2D eigenvalue weighted by atomic mass is 10.2. The Labute approximate surface area is 156 Å². The van der Waals surface area contributed by atoms with E-state index in [2.05, 4.69) is 62.0 Å². The summed E-state index contributed by atoms with van der Waals surface area (Å²) in [5.74, 6) is 0.719. The molecule has 0 unspecified atom stereocenters. The standard InChI is InChI=1S/C20H22BrN3O/c1-2-3-12-24(13-15-8-10-16(21)11-9-15)14-19-22-18-7-5-4-6-17(18)20(25)23-19/h4-11H,2-3,12-14H2,1H3,(H,22,23,25). The van der Waals surface area contributed by atoms with Gasteiger partial charge in [-0.3, -0.25) is 9.69 Å². The smallest absolute Gasteiger partial charge is 0.258 e. The van der Waals surface area contributed by atoms with Crippen molar-refractivity contribution in [3.05, 3.63) is 74.7 Å². The first-order valence-electron chi connectivity index (χ1n) is 8.60. The van der Waals surface area contributed by atoms with Gasteiger partial charge in [0.15, 0.2) is 0 Å². The van der Waals surface area contributed by atoms with E-state index in [0.29, 0.717) is 11.9 Å². The van der Waals surface area contributed by atoms with Crippen LogP contribution in [0.1, 0.15) is 31.2 Å². The van der Waals surface area contributed by atoms with E-state index < -0.39 is 0 Å². The molecule has 0 saturated heterocycles. The number of nitrogens with one attached hydrogen (secondary N) is 1. The molecule has 0 atom stereocenters. The Morgan fingerprint density at radius 3 is 2.60 bits per heavy atom. The number of benzene rings is 2. The fourth-order valence-electron chi connectivity index (χ4n) is 2.87. The number of unbranched alkanes of at least 4 members (excludes halogenated alkanes) is 1. The molecule has 5 heteroatoms. The van der Waals surface area contributed by atoms with Crippen LogP contribution in [-0.2, 0) is 13.1 Å². The van der Waals surface area contributed by atoms with Crippen LogP contribution in [0.5, 0.6) is 0 Å². The molecule has 0 radical (unpaired) electrons. The normalized spacial score (nSPS) is 11.3. The maximum atomic E-state index is 12.3. The van der Waals surface area contributed by atoms with Gasteiger partial charge in [-0.25, -0.2) is 4.98 Å². The predicted molar refractivity (Wildman–Crippen MR) is 106 cm³/mol. The molecule has 0 bridgehead atoms. The van der Waals surface area contributed by atoms with Crippen molar-refractivity contribution in [1.82, 2.24) is 14.9 Å². The molecular weight excluding hydrogens is 378 g/mol. The Kier molecular flexibility index (Phi) is 6.00. The first kappa shape index (κ1) is 17.8. The summed E-state index contributed by atoms with van der Waals surface area (Å²) in [6, 6.07) is 15.8. The van der Waals surface area contributed by atoms with E-state index in [1.54, 1.807) is 0 Å². The average molecular weight is 400 g/mol. The Morgan fingerprint density at radius 1 is 1.08 bits per heavy atom. The highest BCUT2D eigenvalue weighted by Crippen LogP contribution is 2.14. The van der Waals surface area contributed by atoms with Crippen LogP contribution in [0.25, 0.3) is 10.9 Å². The van der Waals surface area contributed by atoms with Crippen LogP contribution in [-0.4, -0.2) is 21.4 Å². The molecule has 2 aromatic carbocycles. The van der Waals surface area contributed by atoms with Gasteiger partial charge in [0.25, 0.3) is 5.56 Å². The van der Waals surface area contributed by atoms with Gasteiger partial charge < -0.3 is 4.98 Å². The fourth-order valence-corrected chi connectivity index (χ4v) is 3.13. The number of H-pyrrole nitrogens is 1. The summed E-state index contributed by atoms with van der Waals surface area (Å²) in [6.07, 6.45) is 2.26. The highest BCUT2D eigenvalue weighted by Gasteiger charge is 2.10. The first-order valence-corrected chi connectivity index (χ1v) is 9.39. The van der Waals surface area contributed by atoms with Gasteiger partial charge in [0.2, 0.25) is 0 Å². The summed E-state index contributed by atoms with van der Waals surface area (Å²) in [6.45, 7) is 4.64. The van der Waals surface area contributed by atoms with Gasteiger partial charge in [-0.2, -0.15) is 0 Å². The monoisotopic (exact) mass is 399 g/mol. The van der Waals surface area contributed by atoms with Crippen LogP contribution >= 0.6 is 15.9 Å². The highest BCUT2D eigenvalue weighted by molar-refractivity contribution is 9.10. The van der Waals surface area contributed by atoms with Crippen LogP contribution in [0.3, 0.4) is 0 Å². The zero-order valence-electron chi connectivity index (χ0n) is 14.3. The van der Waals surface area contributed by atoms with Gasteiger partial charge in [-0.15, -0.1) is 0 Å². The third-order valence-corrected chi connectivity index (χ3v) is 4.71. The molecule has 4 nitrogen and oxygen atoms in total. The zero-order chi connectivity index (χ0) is 17.6. The van der Waals surface area contributed by atoms with E-state index in [1.165, 1.54) is 5.56 Å². The molecule has 0 fully saturated rings. The van der Waals surface area contributed by atoms with Gasteiger partial charge in [0.05, 0.1) is 17.4 Å². The van der Waals surface area contributed by atoms with Crippen LogP contribution in [0.2, 0.25) is 0 Å². The third kappa shape index (κ3) is 4.77. The number of aromatic nitrogens is 2. The Hall–Kier alpha value is -1.98. The predicted octanol–water partition coefficient (Wildman–Crippen LogP) is 4.49. The van der Waals surface area contributed by atoms with Crippen LogP contribution in [0.15, 0.2) is 57.8 Å². The number of nitrogens with zero attached hydrogens (tertiary/aromatic N) is 2. The summed E-state index contributed by atoms with van der Waals surface area (Å²) in [7, 11) is 0. The van der Waals surface area contributed by atoms with Gasteiger partial charge in [-0.1, -0.05) is 53.5 Å². The molecule has 0 aliphatic rings. The van der Waals surface area contributed by atoms with Gasteiger partial charge in [-0.05, 0) is 42.8 Å². The maximum Gasteiger partial charge on any atom is 0.258 e. The molecule has 0 aliphatic heterocycles. The summed E-state index contributed by atoms with van der Waals surface area (Å²) >= 11 is 3.48. The lowest BCUT2D eigenvalue weighted by Gasteiger charge is -2.22. The number of fused-ring (bicyclic) bond motifs is 1. The number of hydrogen-bond donors (Lipinski definition) is 1. The molecule has 3 rings (SSSR count). The van der Waals surface area contributed by atoms with Crippen LogP contribution in [0, 0.1) is 0 Å². The quantitative estimate of drug-likeness (QED) is 0.636. The second-order valence-electron chi connectivity index (χ2n) is 6.22. The van der Waals surface area contributed by atoms with Gasteiger partial charge in [0.1, 0.15) is 5.82 Å². The molecule has 1 N–H and O–H groups in total. The molecule has 1 aromatic heterocycles. The molecular formula is C20H22BrN3O. The summed E-state index contributed by atoms with van der Waals surface area (Å²) in [5, 5.41) is 0.638. The minimum absolute atomic E-state index is 0.0697. The molecule has 0 aliphatic carbocycles. The Balaban J connectivity index is 1.82. The summed E-state index contributed by atoms with van der Waals surface area (Å²) in [5.41, 5.74) is 1.93. The zero-order valence-corrected chi connectivity index (χ0v) is 15.9. The van der Waals surface area contributed by atoms with Crippen molar-refractivity contribution >= 4 is 26.8 Å². The van der Waals surface area contributed by atoms with Crippen molar-refractivity contribution in [2.45, 2.75) is 32.9 Å². The van der Waals surface area contributed by atoms with Crippen LogP contribution in [0.4, 0.5) is 0 Å². The van der Waals surface area contributed by atoms with E-state index in [0.717, 1.165) is 41.7 Å². The Morgan fingerprint density at radius 2 is 1.84 bits per heavy atom. The molecule has 130 valence electrons. The Bertz CT molecular complexity index is 889. The van der Waals surface area contributed by atoms with Crippen molar-refractivity contribution in [2.75, 3.05) is 6.54 Å². The van der Waals surface area contributed by atoms with E-state index in [9.17, 15) is 4.79 Å².